The molecule has 0 amide bonds. The topological polar surface area (TPSA) is 64.9 Å². The van der Waals surface area contributed by atoms with Crippen molar-refractivity contribution in [2.45, 2.75) is 38.5 Å². The van der Waals surface area contributed by atoms with E-state index in [9.17, 15) is 0 Å². The Kier molecular flexibility index (Phi) is 4.32. The molecule has 2 rings (SSSR count). The molecule has 0 radical (unpaired) electrons. The van der Waals surface area contributed by atoms with Gasteiger partial charge in [0.25, 0.3) is 0 Å². The zero-order valence-corrected chi connectivity index (χ0v) is 11.6. The number of hydrogen-bond donors (Lipinski definition) is 1. The summed E-state index contributed by atoms with van der Waals surface area (Å²) in [5, 5.41) is 4.08. The maximum Gasteiger partial charge on any atom is 0.234 e. The number of hydrogen-bond acceptors (Lipinski definition) is 4. The summed E-state index contributed by atoms with van der Waals surface area (Å²) in [7, 11) is 0. The van der Waals surface area contributed by atoms with Gasteiger partial charge in [0, 0.05) is 13.0 Å². The van der Waals surface area contributed by atoms with Crippen LogP contribution in [-0.4, -0.2) is 16.7 Å². The van der Waals surface area contributed by atoms with E-state index in [4.69, 9.17) is 10.3 Å². The van der Waals surface area contributed by atoms with Crippen molar-refractivity contribution in [3.05, 3.63) is 47.6 Å². The molecule has 0 spiro atoms. The van der Waals surface area contributed by atoms with Gasteiger partial charge in [0.2, 0.25) is 5.89 Å². The van der Waals surface area contributed by atoms with Crippen LogP contribution in [0.15, 0.2) is 34.9 Å². The lowest BCUT2D eigenvalue weighted by Crippen LogP contribution is -2.34. The highest BCUT2D eigenvalue weighted by atomic mass is 16.5. The lowest BCUT2D eigenvalue weighted by atomic mass is 9.82. The van der Waals surface area contributed by atoms with E-state index < -0.39 is 0 Å². The van der Waals surface area contributed by atoms with Crippen molar-refractivity contribution in [1.82, 2.24) is 10.1 Å². The summed E-state index contributed by atoms with van der Waals surface area (Å²) in [5.41, 5.74) is 6.90. The van der Waals surface area contributed by atoms with Gasteiger partial charge in [-0.1, -0.05) is 49.3 Å². The highest BCUT2D eigenvalue weighted by Crippen LogP contribution is 2.29. The first-order valence-electron chi connectivity index (χ1n) is 6.81. The summed E-state index contributed by atoms with van der Waals surface area (Å²) in [6.07, 6.45) is 2.51. The van der Waals surface area contributed by atoms with E-state index >= 15 is 0 Å². The SMILES string of the molecule is CCC(CC)(CN)c1nc(Cc2ccccc2)no1. The second-order valence-electron chi connectivity index (χ2n) is 4.87. The summed E-state index contributed by atoms with van der Waals surface area (Å²) < 4.78 is 5.43. The fourth-order valence-corrected chi connectivity index (χ4v) is 2.25. The van der Waals surface area contributed by atoms with Gasteiger partial charge in [-0.25, -0.2) is 0 Å². The minimum Gasteiger partial charge on any atom is -0.339 e. The summed E-state index contributed by atoms with van der Waals surface area (Å²) in [5.74, 6) is 1.40. The van der Waals surface area contributed by atoms with Gasteiger partial charge in [0.15, 0.2) is 5.82 Å². The molecule has 0 atom stereocenters. The lowest BCUT2D eigenvalue weighted by molar-refractivity contribution is 0.266. The molecule has 0 fully saturated rings. The van der Waals surface area contributed by atoms with Crippen molar-refractivity contribution >= 4 is 0 Å². The van der Waals surface area contributed by atoms with Gasteiger partial charge in [0.1, 0.15) is 0 Å². The Morgan fingerprint density at radius 3 is 2.42 bits per heavy atom. The van der Waals surface area contributed by atoms with Crippen molar-refractivity contribution < 1.29 is 4.52 Å². The van der Waals surface area contributed by atoms with Gasteiger partial charge < -0.3 is 10.3 Å². The number of rotatable bonds is 6. The van der Waals surface area contributed by atoms with Crippen LogP contribution in [0.2, 0.25) is 0 Å². The van der Waals surface area contributed by atoms with E-state index in [2.05, 4.69) is 36.1 Å². The van der Waals surface area contributed by atoms with E-state index in [1.54, 1.807) is 0 Å². The number of benzene rings is 1. The second kappa shape index (κ2) is 5.97. The number of nitrogens with zero attached hydrogens (tertiary/aromatic N) is 2. The Bertz CT molecular complexity index is 495. The molecule has 0 saturated carbocycles. The number of aromatic nitrogens is 2. The van der Waals surface area contributed by atoms with Gasteiger partial charge in [-0.2, -0.15) is 4.98 Å². The molecule has 102 valence electrons. The molecule has 0 aliphatic heterocycles. The average molecular weight is 259 g/mol. The molecule has 19 heavy (non-hydrogen) atoms. The maximum atomic E-state index is 5.89. The highest BCUT2D eigenvalue weighted by molar-refractivity contribution is 5.19. The molecule has 1 aromatic carbocycles. The molecule has 1 heterocycles. The van der Waals surface area contributed by atoms with Crippen LogP contribution in [0.5, 0.6) is 0 Å². The van der Waals surface area contributed by atoms with Gasteiger partial charge in [0.05, 0.1) is 5.41 Å². The highest BCUT2D eigenvalue weighted by Gasteiger charge is 2.33. The van der Waals surface area contributed by atoms with Crippen molar-refractivity contribution in [3.63, 3.8) is 0 Å². The van der Waals surface area contributed by atoms with Crippen molar-refractivity contribution in [2.75, 3.05) is 6.54 Å². The van der Waals surface area contributed by atoms with Crippen LogP contribution in [0.3, 0.4) is 0 Å². The predicted molar refractivity (Wildman–Crippen MR) is 74.9 cm³/mol. The minimum absolute atomic E-state index is 0.179. The predicted octanol–water partition coefficient (Wildman–Crippen LogP) is 2.68. The van der Waals surface area contributed by atoms with Crippen LogP contribution in [0, 0.1) is 0 Å². The summed E-state index contributed by atoms with van der Waals surface area (Å²) in [4.78, 5) is 4.53. The second-order valence-corrected chi connectivity index (χ2v) is 4.87. The summed E-state index contributed by atoms with van der Waals surface area (Å²) in [6.45, 7) is 4.75. The zero-order chi connectivity index (χ0) is 13.7. The third-order valence-corrected chi connectivity index (χ3v) is 3.87. The third kappa shape index (κ3) is 2.84. The van der Waals surface area contributed by atoms with Crippen LogP contribution in [0.1, 0.15) is 44.0 Å². The fourth-order valence-electron chi connectivity index (χ4n) is 2.25. The van der Waals surface area contributed by atoms with Crippen LogP contribution >= 0.6 is 0 Å². The van der Waals surface area contributed by atoms with E-state index in [-0.39, 0.29) is 5.41 Å². The zero-order valence-electron chi connectivity index (χ0n) is 11.6. The standard InChI is InChI=1S/C15H21N3O/c1-3-15(4-2,11-16)14-17-13(18-19-14)10-12-8-6-5-7-9-12/h5-9H,3-4,10-11,16H2,1-2H3. The van der Waals surface area contributed by atoms with Crippen LogP contribution in [0.25, 0.3) is 0 Å². The average Bonchev–Trinajstić information content (AvgIpc) is 2.92. The first-order valence-corrected chi connectivity index (χ1v) is 6.81. The Balaban J connectivity index is 2.19. The molecule has 0 bridgehead atoms. The van der Waals surface area contributed by atoms with Crippen molar-refractivity contribution in [1.29, 1.82) is 0 Å². The molecule has 4 heteroatoms. The first kappa shape index (κ1) is 13.7. The Morgan fingerprint density at radius 2 is 1.84 bits per heavy atom. The quantitative estimate of drug-likeness (QED) is 0.866. The third-order valence-electron chi connectivity index (χ3n) is 3.87. The first-order chi connectivity index (χ1) is 9.24. The Labute approximate surface area is 114 Å². The fraction of sp³-hybridized carbons (Fsp3) is 0.467. The molecule has 4 nitrogen and oxygen atoms in total. The maximum absolute atomic E-state index is 5.89. The summed E-state index contributed by atoms with van der Waals surface area (Å²) in [6, 6.07) is 10.1. The molecule has 0 unspecified atom stereocenters. The van der Waals surface area contributed by atoms with Gasteiger partial charge in [-0.15, -0.1) is 0 Å². The van der Waals surface area contributed by atoms with Crippen LogP contribution in [-0.2, 0) is 11.8 Å². The smallest absolute Gasteiger partial charge is 0.234 e. The Hall–Kier alpha value is -1.68. The normalized spacial score (nSPS) is 11.7. The molecule has 2 N–H and O–H groups in total. The minimum atomic E-state index is -0.179. The molecule has 0 aliphatic carbocycles. The monoisotopic (exact) mass is 259 g/mol. The van der Waals surface area contributed by atoms with Crippen LogP contribution < -0.4 is 5.73 Å². The van der Waals surface area contributed by atoms with E-state index in [1.807, 2.05) is 18.2 Å². The molecular weight excluding hydrogens is 238 g/mol. The number of nitrogens with two attached hydrogens (primary N) is 1. The van der Waals surface area contributed by atoms with E-state index in [1.165, 1.54) is 5.56 Å². The van der Waals surface area contributed by atoms with Crippen LogP contribution in [0.4, 0.5) is 0 Å². The Morgan fingerprint density at radius 1 is 1.16 bits per heavy atom. The molecule has 0 aliphatic rings. The van der Waals surface area contributed by atoms with Gasteiger partial charge in [-0.05, 0) is 18.4 Å². The van der Waals surface area contributed by atoms with Crippen molar-refractivity contribution in [2.24, 2.45) is 5.73 Å². The summed E-state index contributed by atoms with van der Waals surface area (Å²) >= 11 is 0. The van der Waals surface area contributed by atoms with Crippen molar-refractivity contribution in [3.8, 4) is 0 Å². The van der Waals surface area contributed by atoms with Gasteiger partial charge >= 0.3 is 0 Å². The van der Waals surface area contributed by atoms with E-state index in [0.29, 0.717) is 18.9 Å². The van der Waals surface area contributed by atoms with Gasteiger partial charge in [-0.3, -0.25) is 0 Å². The lowest BCUT2D eigenvalue weighted by Gasteiger charge is -2.24. The molecule has 0 saturated heterocycles. The van der Waals surface area contributed by atoms with E-state index in [0.717, 1.165) is 18.7 Å². The molecule has 2 aromatic rings. The molecule has 1 aromatic heterocycles. The molecular formula is C15H21N3O. The largest absolute Gasteiger partial charge is 0.339 e.